The van der Waals surface area contributed by atoms with Crippen molar-refractivity contribution in [2.75, 3.05) is 17.7 Å². The van der Waals surface area contributed by atoms with Crippen LogP contribution < -0.4 is 16.4 Å². The van der Waals surface area contributed by atoms with Gasteiger partial charge in [0.15, 0.2) is 5.58 Å². The molecule has 96 valence electrons. The summed E-state index contributed by atoms with van der Waals surface area (Å²) in [5.41, 5.74) is 9.57. The van der Waals surface area contributed by atoms with E-state index in [1.165, 1.54) is 0 Å². The topological polar surface area (TPSA) is 75.3 Å². The monoisotopic (exact) mass is 255 g/mol. The van der Waals surface area contributed by atoms with Crippen LogP contribution in [0.4, 0.5) is 17.1 Å². The molecule has 0 aliphatic carbocycles. The van der Waals surface area contributed by atoms with Gasteiger partial charge in [0, 0.05) is 30.2 Å². The molecule has 0 aliphatic rings. The summed E-state index contributed by atoms with van der Waals surface area (Å²) in [6.07, 6.45) is 0. The lowest BCUT2D eigenvalue weighted by molar-refractivity contribution is 0.555. The van der Waals surface area contributed by atoms with Gasteiger partial charge in [-0.15, -0.1) is 0 Å². The zero-order valence-corrected chi connectivity index (χ0v) is 10.4. The van der Waals surface area contributed by atoms with E-state index < -0.39 is 5.76 Å². The molecule has 0 fully saturated rings. The van der Waals surface area contributed by atoms with Crippen LogP contribution in [0, 0.1) is 0 Å². The summed E-state index contributed by atoms with van der Waals surface area (Å²) in [5, 5.41) is 0. The van der Waals surface area contributed by atoms with Gasteiger partial charge in [-0.25, -0.2) is 4.79 Å². The Morgan fingerprint density at radius 2 is 1.79 bits per heavy atom. The van der Waals surface area contributed by atoms with Crippen LogP contribution in [-0.2, 0) is 0 Å². The first-order valence-electron chi connectivity index (χ1n) is 5.85. The molecule has 3 rings (SSSR count). The lowest BCUT2D eigenvalue weighted by atomic mass is 10.2. The Morgan fingerprint density at radius 3 is 2.53 bits per heavy atom. The van der Waals surface area contributed by atoms with E-state index in [9.17, 15) is 4.79 Å². The Kier molecular flexibility index (Phi) is 2.52. The second-order valence-electron chi connectivity index (χ2n) is 4.35. The van der Waals surface area contributed by atoms with E-state index in [1.807, 2.05) is 54.4 Å². The molecule has 0 radical (unpaired) electrons. The zero-order chi connectivity index (χ0) is 13.4. The molecular formula is C14H13N3O2. The highest BCUT2D eigenvalue weighted by atomic mass is 16.4. The number of oxazole rings is 1. The fourth-order valence-electron chi connectivity index (χ4n) is 1.99. The molecule has 2 aromatic carbocycles. The van der Waals surface area contributed by atoms with Crippen molar-refractivity contribution < 1.29 is 4.42 Å². The maximum Gasteiger partial charge on any atom is 0.417 e. The third kappa shape index (κ3) is 2.06. The van der Waals surface area contributed by atoms with Crippen LogP contribution in [0.5, 0.6) is 0 Å². The molecule has 3 aromatic rings. The number of nitrogens with zero attached hydrogens (tertiary/aromatic N) is 1. The van der Waals surface area contributed by atoms with E-state index >= 15 is 0 Å². The number of hydrogen-bond donors (Lipinski definition) is 2. The van der Waals surface area contributed by atoms with Gasteiger partial charge >= 0.3 is 5.76 Å². The highest BCUT2D eigenvalue weighted by molar-refractivity contribution is 5.79. The fraction of sp³-hybridized carbons (Fsp3) is 0.0714. The van der Waals surface area contributed by atoms with Gasteiger partial charge in [0.1, 0.15) is 0 Å². The summed E-state index contributed by atoms with van der Waals surface area (Å²) in [4.78, 5) is 15.7. The average molecular weight is 255 g/mol. The van der Waals surface area contributed by atoms with Crippen LogP contribution in [0.2, 0.25) is 0 Å². The Labute approximate surface area is 109 Å². The summed E-state index contributed by atoms with van der Waals surface area (Å²) in [6.45, 7) is 0. The second-order valence-corrected chi connectivity index (χ2v) is 4.35. The zero-order valence-electron chi connectivity index (χ0n) is 10.4. The predicted octanol–water partition coefficient (Wildman–Crippen LogP) is 2.47. The molecule has 0 bridgehead atoms. The molecule has 19 heavy (non-hydrogen) atoms. The number of aromatic amines is 1. The van der Waals surface area contributed by atoms with Gasteiger partial charge in [-0.3, -0.25) is 4.98 Å². The Morgan fingerprint density at radius 1 is 1.11 bits per heavy atom. The SMILES string of the molecule is CN(c1ccc(N)cc1)c1ccc2[nH]c(=O)oc2c1. The molecule has 0 atom stereocenters. The molecule has 0 saturated heterocycles. The number of aromatic nitrogens is 1. The predicted molar refractivity (Wildman–Crippen MR) is 75.8 cm³/mol. The van der Waals surface area contributed by atoms with Crippen molar-refractivity contribution in [1.29, 1.82) is 0 Å². The summed E-state index contributed by atoms with van der Waals surface area (Å²) in [7, 11) is 1.94. The molecular weight excluding hydrogens is 242 g/mol. The van der Waals surface area contributed by atoms with Gasteiger partial charge in [0.05, 0.1) is 5.52 Å². The maximum atomic E-state index is 11.1. The highest BCUT2D eigenvalue weighted by Crippen LogP contribution is 2.26. The molecule has 5 heteroatoms. The molecule has 0 saturated carbocycles. The molecule has 0 aliphatic heterocycles. The summed E-state index contributed by atoms with van der Waals surface area (Å²) >= 11 is 0. The van der Waals surface area contributed by atoms with E-state index in [1.54, 1.807) is 0 Å². The lowest BCUT2D eigenvalue weighted by Crippen LogP contribution is -2.09. The fourth-order valence-corrected chi connectivity index (χ4v) is 1.99. The third-order valence-electron chi connectivity index (χ3n) is 3.07. The number of nitrogens with one attached hydrogen (secondary N) is 1. The smallest absolute Gasteiger partial charge is 0.408 e. The Bertz CT molecular complexity index is 771. The maximum absolute atomic E-state index is 11.1. The summed E-state index contributed by atoms with van der Waals surface area (Å²) in [6, 6.07) is 13.1. The minimum atomic E-state index is -0.442. The van der Waals surface area contributed by atoms with Crippen LogP contribution in [0.15, 0.2) is 51.7 Å². The van der Waals surface area contributed by atoms with Crippen LogP contribution in [0.1, 0.15) is 0 Å². The molecule has 5 nitrogen and oxygen atoms in total. The van der Waals surface area contributed by atoms with Crippen molar-refractivity contribution in [3.8, 4) is 0 Å². The molecule has 0 spiro atoms. The summed E-state index contributed by atoms with van der Waals surface area (Å²) in [5.74, 6) is -0.442. The molecule has 1 heterocycles. The number of fused-ring (bicyclic) bond motifs is 1. The van der Waals surface area contributed by atoms with Crippen LogP contribution >= 0.6 is 0 Å². The third-order valence-corrected chi connectivity index (χ3v) is 3.07. The van der Waals surface area contributed by atoms with Gasteiger partial charge in [-0.2, -0.15) is 0 Å². The first-order chi connectivity index (χ1) is 9.13. The standard InChI is InChI=1S/C14H13N3O2/c1-17(10-4-2-9(15)3-5-10)11-6-7-12-13(8-11)19-14(18)16-12/h2-8H,15H2,1H3,(H,16,18). The quantitative estimate of drug-likeness (QED) is 0.690. The van der Waals surface area contributed by atoms with Gasteiger partial charge in [0.25, 0.3) is 0 Å². The Balaban J connectivity index is 2.03. The largest absolute Gasteiger partial charge is 0.417 e. The van der Waals surface area contributed by atoms with E-state index in [0.29, 0.717) is 11.1 Å². The molecule has 3 N–H and O–H groups in total. The van der Waals surface area contributed by atoms with Crippen LogP contribution in [0.3, 0.4) is 0 Å². The molecule has 1 aromatic heterocycles. The normalized spacial score (nSPS) is 10.8. The number of H-pyrrole nitrogens is 1. The number of nitrogen functional groups attached to an aromatic ring is 1. The van der Waals surface area contributed by atoms with Crippen molar-refractivity contribution in [1.82, 2.24) is 4.98 Å². The van der Waals surface area contributed by atoms with Crippen molar-refractivity contribution in [3.05, 3.63) is 53.0 Å². The number of nitrogens with two attached hydrogens (primary N) is 1. The number of rotatable bonds is 2. The van der Waals surface area contributed by atoms with E-state index in [-0.39, 0.29) is 0 Å². The van der Waals surface area contributed by atoms with Crippen molar-refractivity contribution in [2.45, 2.75) is 0 Å². The van der Waals surface area contributed by atoms with E-state index in [0.717, 1.165) is 17.1 Å². The van der Waals surface area contributed by atoms with Crippen molar-refractivity contribution in [2.24, 2.45) is 0 Å². The second kappa shape index (κ2) is 4.20. The first kappa shape index (κ1) is 11.4. The van der Waals surface area contributed by atoms with Gasteiger partial charge in [0.2, 0.25) is 0 Å². The van der Waals surface area contributed by atoms with Gasteiger partial charge in [-0.1, -0.05) is 0 Å². The minimum absolute atomic E-state index is 0.442. The lowest BCUT2D eigenvalue weighted by Gasteiger charge is -2.19. The van der Waals surface area contributed by atoms with E-state index in [4.69, 9.17) is 10.2 Å². The minimum Gasteiger partial charge on any atom is -0.408 e. The van der Waals surface area contributed by atoms with Gasteiger partial charge < -0.3 is 15.1 Å². The first-order valence-corrected chi connectivity index (χ1v) is 5.85. The highest BCUT2D eigenvalue weighted by Gasteiger charge is 2.07. The Hall–Kier alpha value is -2.69. The number of benzene rings is 2. The van der Waals surface area contributed by atoms with Crippen molar-refractivity contribution >= 4 is 28.2 Å². The number of anilines is 3. The summed E-state index contributed by atoms with van der Waals surface area (Å²) < 4.78 is 5.06. The molecule has 0 unspecified atom stereocenters. The van der Waals surface area contributed by atoms with Crippen molar-refractivity contribution in [3.63, 3.8) is 0 Å². The average Bonchev–Trinajstić information content (AvgIpc) is 2.77. The molecule has 0 amide bonds. The van der Waals surface area contributed by atoms with Gasteiger partial charge in [-0.05, 0) is 36.4 Å². The number of hydrogen-bond acceptors (Lipinski definition) is 4. The van der Waals surface area contributed by atoms with Crippen LogP contribution in [0.25, 0.3) is 11.1 Å². The van der Waals surface area contributed by atoms with E-state index in [2.05, 4.69) is 4.98 Å². The van der Waals surface area contributed by atoms with Crippen LogP contribution in [-0.4, -0.2) is 12.0 Å².